The zero-order chi connectivity index (χ0) is 10.4. The summed E-state index contributed by atoms with van der Waals surface area (Å²) in [5, 5.41) is 0.184. The van der Waals surface area contributed by atoms with E-state index in [2.05, 4.69) is 21.4 Å². The molecule has 8 heteroatoms. The van der Waals surface area contributed by atoms with E-state index in [4.69, 9.17) is 27.9 Å². The van der Waals surface area contributed by atoms with Gasteiger partial charge in [0.05, 0.1) is 6.20 Å². The first-order valence-electron chi connectivity index (χ1n) is 3.02. The van der Waals surface area contributed by atoms with Gasteiger partial charge in [-0.1, -0.05) is 11.6 Å². The van der Waals surface area contributed by atoms with E-state index in [-0.39, 0.29) is 16.8 Å². The molecule has 0 atom stereocenters. The minimum atomic E-state index is -0.833. The molecule has 0 fully saturated rings. The summed E-state index contributed by atoms with van der Waals surface area (Å²) in [7, 11) is 0. The SMILES string of the molecule is NC(N)=O.Nc1cnc(Cl)c(N)n1. The number of rotatable bonds is 0. The van der Waals surface area contributed by atoms with E-state index in [1.807, 2.05) is 0 Å². The molecular weight excluding hydrogens is 196 g/mol. The van der Waals surface area contributed by atoms with Crippen LogP contribution in [0.1, 0.15) is 0 Å². The maximum atomic E-state index is 9.00. The highest BCUT2D eigenvalue weighted by Crippen LogP contribution is 2.11. The molecular formula is C5H9ClN6O. The van der Waals surface area contributed by atoms with Crippen molar-refractivity contribution in [1.82, 2.24) is 9.97 Å². The van der Waals surface area contributed by atoms with Crippen LogP contribution in [0.4, 0.5) is 16.4 Å². The molecule has 2 amide bonds. The number of hydrogen-bond donors (Lipinski definition) is 4. The van der Waals surface area contributed by atoms with Gasteiger partial charge < -0.3 is 22.9 Å². The predicted octanol–water partition coefficient (Wildman–Crippen LogP) is -0.682. The lowest BCUT2D eigenvalue weighted by Crippen LogP contribution is -2.18. The van der Waals surface area contributed by atoms with Crippen LogP contribution in [0.25, 0.3) is 0 Å². The minimum Gasteiger partial charge on any atom is -0.382 e. The molecule has 8 N–H and O–H groups in total. The summed E-state index contributed by atoms with van der Waals surface area (Å²) in [5.41, 5.74) is 19.0. The molecule has 0 aliphatic carbocycles. The Kier molecular flexibility index (Phi) is 4.31. The van der Waals surface area contributed by atoms with Gasteiger partial charge in [0.15, 0.2) is 11.0 Å². The number of nitrogens with two attached hydrogens (primary N) is 4. The third-order valence-corrected chi connectivity index (χ3v) is 1.06. The number of urea groups is 1. The first-order valence-corrected chi connectivity index (χ1v) is 3.39. The highest BCUT2D eigenvalue weighted by Gasteiger charge is 1.96. The van der Waals surface area contributed by atoms with Gasteiger partial charge in [-0.05, 0) is 0 Å². The number of carbonyl (C=O) groups is 1. The maximum absolute atomic E-state index is 9.00. The summed E-state index contributed by atoms with van der Waals surface area (Å²) in [6.45, 7) is 0. The van der Waals surface area contributed by atoms with Gasteiger partial charge in [-0.2, -0.15) is 0 Å². The van der Waals surface area contributed by atoms with Crippen molar-refractivity contribution < 1.29 is 4.79 Å². The zero-order valence-corrected chi connectivity index (χ0v) is 7.32. The Hall–Kier alpha value is -1.76. The van der Waals surface area contributed by atoms with Crippen LogP contribution < -0.4 is 22.9 Å². The molecule has 0 saturated carbocycles. The molecule has 0 bridgehead atoms. The highest BCUT2D eigenvalue weighted by molar-refractivity contribution is 6.31. The van der Waals surface area contributed by atoms with Gasteiger partial charge in [-0.25, -0.2) is 14.8 Å². The number of halogens is 1. The van der Waals surface area contributed by atoms with Crippen molar-refractivity contribution >= 4 is 29.3 Å². The summed E-state index contributed by atoms with van der Waals surface area (Å²) in [6.07, 6.45) is 1.35. The second-order valence-corrected chi connectivity index (χ2v) is 2.23. The Morgan fingerprint density at radius 3 is 2.15 bits per heavy atom. The van der Waals surface area contributed by atoms with Gasteiger partial charge >= 0.3 is 6.03 Å². The van der Waals surface area contributed by atoms with Gasteiger partial charge in [0.1, 0.15) is 5.82 Å². The average molecular weight is 205 g/mol. The van der Waals surface area contributed by atoms with Crippen LogP contribution >= 0.6 is 11.6 Å². The van der Waals surface area contributed by atoms with Crippen LogP contribution in [0.2, 0.25) is 5.15 Å². The smallest absolute Gasteiger partial charge is 0.309 e. The Bertz CT molecular complexity index is 299. The molecule has 1 heterocycles. The number of aromatic nitrogens is 2. The number of nitrogen functional groups attached to an aromatic ring is 2. The van der Waals surface area contributed by atoms with Gasteiger partial charge in [-0.3, -0.25) is 0 Å². The Labute approximate surface area is 79.1 Å². The third-order valence-electron chi connectivity index (χ3n) is 0.771. The lowest BCUT2D eigenvalue weighted by molar-refractivity contribution is 0.256. The Balaban J connectivity index is 0.000000310. The van der Waals surface area contributed by atoms with E-state index < -0.39 is 6.03 Å². The number of carbonyl (C=O) groups excluding carboxylic acids is 1. The van der Waals surface area contributed by atoms with Crippen molar-refractivity contribution in [3.8, 4) is 0 Å². The van der Waals surface area contributed by atoms with Crippen molar-refractivity contribution in [3.05, 3.63) is 11.3 Å². The van der Waals surface area contributed by atoms with Gasteiger partial charge in [0.2, 0.25) is 0 Å². The molecule has 1 aromatic rings. The fourth-order valence-electron chi connectivity index (χ4n) is 0.403. The minimum absolute atomic E-state index is 0.164. The van der Waals surface area contributed by atoms with E-state index in [1.54, 1.807) is 0 Å². The number of hydrogen-bond acceptors (Lipinski definition) is 5. The molecule has 0 aliphatic rings. The van der Waals surface area contributed by atoms with Gasteiger partial charge in [0, 0.05) is 0 Å². The maximum Gasteiger partial charge on any atom is 0.309 e. The van der Waals surface area contributed by atoms with Crippen LogP contribution in [0.5, 0.6) is 0 Å². The van der Waals surface area contributed by atoms with Crippen molar-refractivity contribution in [3.63, 3.8) is 0 Å². The molecule has 0 spiro atoms. The average Bonchev–Trinajstić information content (AvgIpc) is 1.96. The molecule has 0 aromatic carbocycles. The van der Waals surface area contributed by atoms with E-state index in [0.29, 0.717) is 0 Å². The fourth-order valence-corrected chi connectivity index (χ4v) is 0.494. The van der Waals surface area contributed by atoms with Gasteiger partial charge in [-0.15, -0.1) is 0 Å². The number of primary amides is 2. The van der Waals surface area contributed by atoms with Crippen molar-refractivity contribution in [1.29, 1.82) is 0 Å². The van der Waals surface area contributed by atoms with Crippen LogP contribution in [0, 0.1) is 0 Å². The van der Waals surface area contributed by atoms with E-state index in [9.17, 15) is 0 Å². The third kappa shape index (κ3) is 5.50. The highest BCUT2D eigenvalue weighted by atomic mass is 35.5. The van der Waals surface area contributed by atoms with Crippen LogP contribution in [-0.2, 0) is 0 Å². The van der Waals surface area contributed by atoms with Gasteiger partial charge in [0.25, 0.3) is 0 Å². The standard InChI is InChI=1S/C4H5ClN4.CH4N2O/c5-3-4(7)9-2(6)1-8-3;2-1(3)4/h1H,(H4,6,7,9);(H4,2,3,4). The van der Waals surface area contributed by atoms with E-state index >= 15 is 0 Å². The summed E-state index contributed by atoms with van der Waals surface area (Å²) in [4.78, 5) is 16.3. The molecule has 1 rings (SSSR count). The Morgan fingerprint density at radius 2 is 1.85 bits per heavy atom. The largest absolute Gasteiger partial charge is 0.382 e. The monoisotopic (exact) mass is 204 g/mol. The van der Waals surface area contributed by atoms with E-state index in [1.165, 1.54) is 6.20 Å². The number of anilines is 2. The summed E-state index contributed by atoms with van der Waals surface area (Å²) >= 11 is 5.43. The zero-order valence-electron chi connectivity index (χ0n) is 6.57. The first-order chi connectivity index (χ1) is 5.93. The number of nitrogens with zero attached hydrogens (tertiary/aromatic N) is 2. The second kappa shape index (κ2) is 4.99. The molecule has 7 nitrogen and oxygen atoms in total. The quantitative estimate of drug-likeness (QED) is 0.442. The Morgan fingerprint density at radius 1 is 1.38 bits per heavy atom. The molecule has 0 saturated heterocycles. The van der Waals surface area contributed by atoms with E-state index in [0.717, 1.165) is 0 Å². The lowest BCUT2D eigenvalue weighted by atomic mass is 10.6. The van der Waals surface area contributed by atoms with Crippen molar-refractivity contribution in [2.75, 3.05) is 11.5 Å². The molecule has 0 unspecified atom stereocenters. The summed E-state index contributed by atoms with van der Waals surface area (Å²) in [6, 6.07) is -0.833. The predicted molar refractivity (Wildman–Crippen MR) is 49.6 cm³/mol. The molecule has 1 aromatic heterocycles. The molecule has 0 aliphatic heterocycles. The van der Waals surface area contributed by atoms with Crippen LogP contribution in [-0.4, -0.2) is 16.0 Å². The summed E-state index contributed by atoms with van der Waals surface area (Å²) < 4.78 is 0. The van der Waals surface area contributed by atoms with Crippen molar-refractivity contribution in [2.24, 2.45) is 11.5 Å². The molecule has 0 radical (unpaired) electrons. The first kappa shape index (κ1) is 11.2. The normalized spacial score (nSPS) is 8.38. The fraction of sp³-hybridized carbons (Fsp3) is 0. The lowest BCUT2D eigenvalue weighted by Gasteiger charge is -1.94. The summed E-state index contributed by atoms with van der Waals surface area (Å²) in [5.74, 6) is 0.438. The molecule has 72 valence electrons. The van der Waals surface area contributed by atoms with Crippen molar-refractivity contribution in [2.45, 2.75) is 0 Å². The second-order valence-electron chi connectivity index (χ2n) is 1.87. The molecule has 13 heavy (non-hydrogen) atoms. The van der Waals surface area contributed by atoms with Crippen LogP contribution in [0.15, 0.2) is 6.20 Å². The number of amides is 2. The topological polar surface area (TPSA) is 147 Å². The van der Waals surface area contributed by atoms with Crippen LogP contribution in [0.3, 0.4) is 0 Å².